The van der Waals surface area contributed by atoms with Gasteiger partial charge in [0, 0.05) is 19.5 Å². The van der Waals surface area contributed by atoms with Gasteiger partial charge in [-0.3, -0.25) is 0 Å². The first-order valence-electron chi connectivity index (χ1n) is 5.78. The largest absolute Gasteiger partial charge is 0.389 e. The van der Waals surface area contributed by atoms with E-state index in [-0.39, 0.29) is 0 Å². The van der Waals surface area contributed by atoms with Crippen molar-refractivity contribution in [1.82, 2.24) is 5.32 Å². The smallest absolute Gasteiger partial charge is 0.0772 e. The SMILES string of the molecule is CC1(C)CCC(O)(CNCCC#N)CC1. The van der Waals surface area contributed by atoms with Crippen molar-refractivity contribution in [2.75, 3.05) is 13.1 Å². The minimum absolute atomic E-state index is 0.388. The zero-order valence-corrected chi connectivity index (χ0v) is 9.84. The Kier molecular flexibility index (Phi) is 4.12. The molecule has 2 N–H and O–H groups in total. The van der Waals surface area contributed by atoms with Gasteiger partial charge >= 0.3 is 0 Å². The highest BCUT2D eigenvalue weighted by Gasteiger charge is 2.36. The summed E-state index contributed by atoms with van der Waals surface area (Å²) in [7, 11) is 0. The standard InChI is InChI=1S/C12H22N2O/c1-11(2)4-6-12(15,7-5-11)10-14-9-3-8-13/h14-15H,3-7,9-10H2,1-2H3. The molecule has 0 atom stereocenters. The van der Waals surface area contributed by atoms with Crippen LogP contribution in [-0.4, -0.2) is 23.8 Å². The van der Waals surface area contributed by atoms with Crippen molar-refractivity contribution in [3.05, 3.63) is 0 Å². The molecule has 3 nitrogen and oxygen atoms in total. The second-order valence-electron chi connectivity index (χ2n) is 5.47. The van der Waals surface area contributed by atoms with Crippen molar-refractivity contribution < 1.29 is 5.11 Å². The quantitative estimate of drug-likeness (QED) is 0.696. The van der Waals surface area contributed by atoms with Gasteiger partial charge in [0.15, 0.2) is 0 Å². The van der Waals surface area contributed by atoms with Gasteiger partial charge in [-0.25, -0.2) is 0 Å². The van der Waals surface area contributed by atoms with E-state index in [4.69, 9.17) is 5.26 Å². The fraction of sp³-hybridized carbons (Fsp3) is 0.917. The Hall–Kier alpha value is -0.590. The van der Waals surface area contributed by atoms with E-state index in [1.807, 2.05) is 0 Å². The fourth-order valence-corrected chi connectivity index (χ4v) is 2.03. The zero-order chi connectivity index (χ0) is 11.4. The van der Waals surface area contributed by atoms with Crippen LogP contribution >= 0.6 is 0 Å². The van der Waals surface area contributed by atoms with Crippen LogP contribution in [0.4, 0.5) is 0 Å². The van der Waals surface area contributed by atoms with E-state index in [0.717, 1.165) is 25.7 Å². The normalized spacial score (nSPS) is 23.3. The van der Waals surface area contributed by atoms with Crippen LogP contribution in [0.3, 0.4) is 0 Å². The lowest BCUT2D eigenvalue weighted by Crippen LogP contribution is -2.45. The predicted octanol–water partition coefficient (Wildman–Crippen LogP) is 1.82. The maximum Gasteiger partial charge on any atom is 0.0772 e. The Morgan fingerprint density at radius 2 is 1.87 bits per heavy atom. The first-order chi connectivity index (χ1) is 6.97. The Balaban J connectivity index is 2.26. The third-order valence-corrected chi connectivity index (χ3v) is 3.40. The highest BCUT2D eigenvalue weighted by molar-refractivity contribution is 4.90. The number of nitriles is 1. The summed E-state index contributed by atoms with van der Waals surface area (Å²) in [6.07, 6.45) is 4.44. The molecule has 86 valence electrons. The molecule has 3 heteroatoms. The molecule has 0 unspecified atom stereocenters. The Labute approximate surface area is 92.5 Å². The first kappa shape index (κ1) is 12.5. The Morgan fingerprint density at radius 3 is 2.40 bits per heavy atom. The monoisotopic (exact) mass is 210 g/mol. The summed E-state index contributed by atoms with van der Waals surface area (Å²) in [4.78, 5) is 0. The molecule has 1 aliphatic rings. The summed E-state index contributed by atoms with van der Waals surface area (Å²) in [5.41, 5.74) is -0.149. The maximum atomic E-state index is 10.3. The molecule has 0 amide bonds. The van der Waals surface area contributed by atoms with Crippen molar-refractivity contribution in [2.24, 2.45) is 5.41 Å². The van der Waals surface area contributed by atoms with E-state index in [1.54, 1.807) is 0 Å². The number of hydrogen-bond donors (Lipinski definition) is 2. The summed E-state index contributed by atoms with van der Waals surface area (Å²) in [5.74, 6) is 0. The molecule has 1 aliphatic carbocycles. The lowest BCUT2D eigenvalue weighted by molar-refractivity contribution is -0.0240. The zero-order valence-electron chi connectivity index (χ0n) is 9.84. The first-order valence-corrected chi connectivity index (χ1v) is 5.78. The molecular formula is C12H22N2O. The van der Waals surface area contributed by atoms with Crippen LogP contribution in [0.1, 0.15) is 46.0 Å². The number of nitrogens with zero attached hydrogens (tertiary/aromatic N) is 1. The van der Waals surface area contributed by atoms with Gasteiger partial charge in [-0.1, -0.05) is 13.8 Å². The van der Waals surface area contributed by atoms with E-state index in [1.165, 1.54) is 0 Å². The van der Waals surface area contributed by atoms with Crippen molar-refractivity contribution in [1.29, 1.82) is 5.26 Å². The molecule has 0 spiro atoms. The van der Waals surface area contributed by atoms with Crippen LogP contribution in [0.25, 0.3) is 0 Å². The van der Waals surface area contributed by atoms with Gasteiger partial charge in [0.25, 0.3) is 0 Å². The summed E-state index contributed by atoms with van der Waals surface area (Å²) < 4.78 is 0. The van der Waals surface area contributed by atoms with Crippen molar-refractivity contribution in [3.8, 4) is 6.07 Å². The second-order valence-corrected chi connectivity index (χ2v) is 5.47. The van der Waals surface area contributed by atoms with E-state index >= 15 is 0 Å². The van der Waals surface area contributed by atoms with Crippen LogP contribution in [0.2, 0.25) is 0 Å². The minimum atomic E-state index is -0.537. The summed E-state index contributed by atoms with van der Waals surface area (Å²) in [5, 5.41) is 21.8. The topological polar surface area (TPSA) is 56.0 Å². The van der Waals surface area contributed by atoms with Gasteiger partial charge in [-0.2, -0.15) is 5.26 Å². The van der Waals surface area contributed by atoms with Crippen LogP contribution in [0.15, 0.2) is 0 Å². The van der Waals surface area contributed by atoms with Gasteiger partial charge in [-0.15, -0.1) is 0 Å². The van der Waals surface area contributed by atoms with Gasteiger partial charge in [0.2, 0.25) is 0 Å². The molecule has 1 saturated carbocycles. The van der Waals surface area contributed by atoms with Gasteiger partial charge in [0.1, 0.15) is 0 Å². The van der Waals surface area contributed by atoms with Gasteiger partial charge < -0.3 is 10.4 Å². The molecule has 0 aromatic heterocycles. The lowest BCUT2D eigenvalue weighted by Gasteiger charge is -2.40. The molecule has 0 aliphatic heterocycles. The molecule has 1 fully saturated rings. The molecule has 0 radical (unpaired) electrons. The average Bonchev–Trinajstić information content (AvgIpc) is 2.19. The molecule has 0 saturated heterocycles. The number of hydrogen-bond acceptors (Lipinski definition) is 3. The molecule has 0 aromatic carbocycles. The van der Waals surface area contributed by atoms with Crippen LogP contribution in [-0.2, 0) is 0 Å². The van der Waals surface area contributed by atoms with Crippen LogP contribution in [0, 0.1) is 16.7 Å². The number of rotatable bonds is 4. The van der Waals surface area contributed by atoms with Gasteiger partial charge in [-0.05, 0) is 31.1 Å². The molecule has 0 bridgehead atoms. The Bertz CT molecular complexity index is 232. The minimum Gasteiger partial charge on any atom is -0.389 e. The summed E-state index contributed by atoms with van der Waals surface area (Å²) in [6, 6.07) is 2.09. The molecule has 0 aromatic rings. The highest BCUT2D eigenvalue weighted by atomic mass is 16.3. The van der Waals surface area contributed by atoms with E-state index in [9.17, 15) is 5.11 Å². The predicted molar refractivity (Wildman–Crippen MR) is 60.3 cm³/mol. The average molecular weight is 210 g/mol. The molecular weight excluding hydrogens is 188 g/mol. The van der Waals surface area contributed by atoms with E-state index in [2.05, 4.69) is 25.2 Å². The van der Waals surface area contributed by atoms with Gasteiger partial charge in [0.05, 0.1) is 11.7 Å². The van der Waals surface area contributed by atoms with Crippen molar-refractivity contribution >= 4 is 0 Å². The maximum absolute atomic E-state index is 10.3. The second kappa shape index (κ2) is 4.96. The fourth-order valence-electron chi connectivity index (χ4n) is 2.03. The summed E-state index contributed by atoms with van der Waals surface area (Å²) >= 11 is 0. The third kappa shape index (κ3) is 4.19. The van der Waals surface area contributed by atoms with E-state index in [0.29, 0.717) is 24.9 Å². The molecule has 15 heavy (non-hydrogen) atoms. The number of nitrogens with one attached hydrogen (secondary N) is 1. The third-order valence-electron chi connectivity index (χ3n) is 3.40. The summed E-state index contributed by atoms with van der Waals surface area (Å²) in [6.45, 7) is 5.83. The van der Waals surface area contributed by atoms with E-state index < -0.39 is 5.60 Å². The van der Waals surface area contributed by atoms with Crippen LogP contribution < -0.4 is 5.32 Å². The number of aliphatic hydroxyl groups is 1. The van der Waals surface area contributed by atoms with Crippen LogP contribution in [0.5, 0.6) is 0 Å². The van der Waals surface area contributed by atoms with Crippen molar-refractivity contribution in [3.63, 3.8) is 0 Å². The van der Waals surface area contributed by atoms with Crippen molar-refractivity contribution in [2.45, 2.75) is 51.6 Å². The highest BCUT2D eigenvalue weighted by Crippen LogP contribution is 2.39. The molecule has 1 rings (SSSR count). The Morgan fingerprint density at radius 1 is 1.27 bits per heavy atom. The molecule has 0 heterocycles. The lowest BCUT2D eigenvalue weighted by atomic mass is 9.71.